The average Bonchev–Trinajstić information content (AvgIpc) is 2.45. The number of para-hydroxylation sites is 1. The Morgan fingerprint density at radius 2 is 1.53 bits per heavy atom. The molecule has 1 aliphatic heterocycles. The van der Waals surface area contributed by atoms with E-state index in [4.69, 9.17) is 0 Å². The van der Waals surface area contributed by atoms with Crippen LogP contribution in [0.25, 0.3) is 0 Å². The van der Waals surface area contributed by atoms with E-state index in [9.17, 15) is 4.79 Å². The molecule has 0 aliphatic carbocycles. The fourth-order valence-electron chi connectivity index (χ4n) is 2.03. The van der Waals surface area contributed by atoms with Gasteiger partial charge in [0.1, 0.15) is 0 Å². The summed E-state index contributed by atoms with van der Waals surface area (Å²) < 4.78 is 0. The minimum atomic E-state index is -0.00992. The summed E-state index contributed by atoms with van der Waals surface area (Å²) in [5.41, 5.74) is 1.85. The Balaban J connectivity index is 2.06. The normalized spacial score (nSPS) is 14.6. The Bertz CT molecular complexity index is 613. The van der Waals surface area contributed by atoms with Gasteiger partial charge in [0.25, 0.3) is 5.91 Å². The van der Waals surface area contributed by atoms with Crippen LogP contribution in [0.5, 0.6) is 0 Å². The third-order valence-corrected chi connectivity index (χ3v) is 4.12. The lowest BCUT2D eigenvalue weighted by atomic mass is 10.2. The van der Waals surface area contributed by atoms with E-state index in [1.165, 1.54) is 0 Å². The van der Waals surface area contributed by atoms with Crippen molar-refractivity contribution in [3.63, 3.8) is 0 Å². The molecule has 2 N–H and O–H groups in total. The van der Waals surface area contributed by atoms with Crippen molar-refractivity contribution in [2.75, 3.05) is 18.4 Å². The van der Waals surface area contributed by atoms with Crippen LogP contribution in [0.15, 0.2) is 58.3 Å². The SMILES string of the molecule is O=C1NCCNc2ccccc2Sc2ccccc21. The fourth-order valence-corrected chi connectivity index (χ4v) is 3.08. The number of benzene rings is 2. The van der Waals surface area contributed by atoms with E-state index in [-0.39, 0.29) is 5.91 Å². The molecule has 19 heavy (non-hydrogen) atoms. The zero-order valence-corrected chi connectivity index (χ0v) is 11.2. The average molecular weight is 270 g/mol. The molecule has 2 aromatic rings. The Hall–Kier alpha value is -1.94. The smallest absolute Gasteiger partial charge is 0.252 e. The van der Waals surface area contributed by atoms with E-state index < -0.39 is 0 Å². The largest absolute Gasteiger partial charge is 0.382 e. The standard InChI is InChI=1S/C15H14N2OS/c18-15-11-5-1-3-7-13(11)19-14-8-4-2-6-12(14)16-9-10-17-15/h1-8,16H,9-10H2,(H,17,18). The lowest BCUT2D eigenvalue weighted by Crippen LogP contribution is -2.29. The van der Waals surface area contributed by atoms with Crippen molar-refractivity contribution in [1.29, 1.82) is 0 Å². The first kappa shape index (κ1) is 12.1. The molecule has 0 saturated carbocycles. The zero-order chi connectivity index (χ0) is 13.1. The second kappa shape index (κ2) is 5.36. The predicted molar refractivity (Wildman–Crippen MR) is 77.8 cm³/mol. The zero-order valence-electron chi connectivity index (χ0n) is 10.3. The summed E-state index contributed by atoms with van der Waals surface area (Å²) in [5, 5.41) is 6.27. The number of hydrogen-bond donors (Lipinski definition) is 2. The van der Waals surface area contributed by atoms with Crippen LogP contribution in [0.2, 0.25) is 0 Å². The van der Waals surface area contributed by atoms with Crippen LogP contribution in [0, 0.1) is 0 Å². The third kappa shape index (κ3) is 2.58. The number of carbonyl (C=O) groups is 1. The first-order valence-corrected chi connectivity index (χ1v) is 7.04. The molecular formula is C15H14N2OS. The van der Waals surface area contributed by atoms with Gasteiger partial charge < -0.3 is 10.6 Å². The van der Waals surface area contributed by atoms with Crippen molar-refractivity contribution in [3.05, 3.63) is 54.1 Å². The fraction of sp³-hybridized carbons (Fsp3) is 0.133. The third-order valence-electron chi connectivity index (χ3n) is 2.96. The van der Waals surface area contributed by atoms with Gasteiger partial charge in [-0.1, -0.05) is 36.0 Å². The molecule has 1 amide bonds. The van der Waals surface area contributed by atoms with Crippen LogP contribution in [0.4, 0.5) is 5.69 Å². The van der Waals surface area contributed by atoms with E-state index >= 15 is 0 Å². The van der Waals surface area contributed by atoms with Gasteiger partial charge in [0.15, 0.2) is 0 Å². The van der Waals surface area contributed by atoms with Crippen molar-refractivity contribution in [1.82, 2.24) is 5.32 Å². The summed E-state index contributed by atoms with van der Waals surface area (Å²) in [6.45, 7) is 1.34. The molecule has 0 atom stereocenters. The number of anilines is 1. The number of nitrogens with one attached hydrogen (secondary N) is 2. The molecule has 3 rings (SSSR count). The molecule has 0 saturated heterocycles. The maximum Gasteiger partial charge on any atom is 0.252 e. The molecule has 0 spiro atoms. The van der Waals surface area contributed by atoms with Crippen LogP contribution in [0.1, 0.15) is 10.4 Å². The maximum atomic E-state index is 12.1. The van der Waals surface area contributed by atoms with Crippen LogP contribution in [0.3, 0.4) is 0 Å². The van der Waals surface area contributed by atoms with E-state index in [1.807, 2.05) is 36.4 Å². The Morgan fingerprint density at radius 1 is 0.842 bits per heavy atom. The Morgan fingerprint density at radius 3 is 2.42 bits per heavy atom. The number of carbonyl (C=O) groups excluding carboxylic acids is 1. The Kier molecular flexibility index (Phi) is 3.42. The lowest BCUT2D eigenvalue weighted by Gasteiger charge is -2.16. The monoisotopic (exact) mass is 270 g/mol. The molecule has 2 aromatic carbocycles. The van der Waals surface area contributed by atoms with E-state index in [0.29, 0.717) is 6.54 Å². The predicted octanol–water partition coefficient (Wildman–Crippen LogP) is 2.99. The highest BCUT2D eigenvalue weighted by Gasteiger charge is 2.14. The minimum Gasteiger partial charge on any atom is -0.382 e. The molecule has 0 fully saturated rings. The summed E-state index contributed by atoms with van der Waals surface area (Å²) in [5.74, 6) is -0.00992. The van der Waals surface area contributed by atoms with E-state index in [0.717, 1.165) is 27.6 Å². The molecule has 0 radical (unpaired) electrons. The summed E-state index contributed by atoms with van der Waals surface area (Å²) in [6, 6.07) is 15.9. The highest BCUT2D eigenvalue weighted by molar-refractivity contribution is 7.99. The quantitative estimate of drug-likeness (QED) is 0.773. The van der Waals surface area contributed by atoms with Gasteiger partial charge in [-0.25, -0.2) is 0 Å². The van der Waals surface area contributed by atoms with Crippen LogP contribution >= 0.6 is 11.8 Å². The van der Waals surface area contributed by atoms with E-state index in [2.05, 4.69) is 22.8 Å². The van der Waals surface area contributed by atoms with Gasteiger partial charge in [-0.3, -0.25) is 4.79 Å². The van der Waals surface area contributed by atoms with Crippen molar-refractivity contribution < 1.29 is 4.79 Å². The molecule has 0 bridgehead atoms. The topological polar surface area (TPSA) is 41.1 Å². The first-order valence-electron chi connectivity index (χ1n) is 6.22. The summed E-state index contributed by atoms with van der Waals surface area (Å²) in [7, 11) is 0. The van der Waals surface area contributed by atoms with Gasteiger partial charge >= 0.3 is 0 Å². The number of hydrogen-bond acceptors (Lipinski definition) is 3. The van der Waals surface area contributed by atoms with Gasteiger partial charge in [-0.05, 0) is 24.3 Å². The van der Waals surface area contributed by atoms with Gasteiger partial charge in [-0.2, -0.15) is 0 Å². The molecule has 0 aromatic heterocycles. The molecule has 4 heteroatoms. The molecule has 0 unspecified atom stereocenters. The van der Waals surface area contributed by atoms with Gasteiger partial charge in [0, 0.05) is 28.6 Å². The van der Waals surface area contributed by atoms with Gasteiger partial charge in [0.05, 0.1) is 5.56 Å². The van der Waals surface area contributed by atoms with Crippen molar-refractivity contribution in [2.45, 2.75) is 9.79 Å². The van der Waals surface area contributed by atoms with Crippen molar-refractivity contribution in [3.8, 4) is 0 Å². The molecule has 1 heterocycles. The highest BCUT2D eigenvalue weighted by atomic mass is 32.2. The number of amides is 1. The second-order valence-corrected chi connectivity index (χ2v) is 5.36. The summed E-state index contributed by atoms with van der Waals surface area (Å²) in [4.78, 5) is 14.2. The Labute approximate surface area is 116 Å². The number of fused-ring (bicyclic) bond motifs is 2. The highest BCUT2D eigenvalue weighted by Crippen LogP contribution is 2.35. The van der Waals surface area contributed by atoms with Crippen molar-refractivity contribution >= 4 is 23.4 Å². The molecule has 96 valence electrons. The second-order valence-electron chi connectivity index (χ2n) is 4.28. The molecular weight excluding hydrogens is 256 g/mol. The maximum absolute atomic E-state index is 12.1. The van der Waals surface area contributed by atoms with Crippen LogP contribution in [-0.2, 0) is 0 Å². The molecule has 1 aliphatic rings. The lowest BCUT2D eigenvalue weighted by molar-refractivity contribution is 0.0952. The summed E-state index contributed by atoms with van der Waals surface area (Å²) in [6.07, 6.45) is 0. The number of rotatable bonds is 0. The van der Waals surface area contributed by atoms with Gasteiger partial charge in [0.2, 0.25) is 0 Å². The minimum absolute atomic E-state index is 0.00992. The molecule has 3 nitrogen and oxygen atoms in total. The van der Waals surface area contributed by atoms with Crippen LogP contribution in [-0.4, -0.2) is 19.0 Å². The first-order chi connectivity index (χ1) is 9.34. The van der Waals surface area contributed by atoms with Gasteiger partial charge in [-0.15, -0.1) is 0 Å². The van der Waals surface area contributed by atoms with Crippen molar-refractivity contribution in [2.24, 2.45) is 0 Å². The van der Waals surface area contributed by atoms with E-state index in [1.54, 1.807) is 11.8 Å². The van der Waals surface area contributed by atoms with Crippen LogP contribution < -0.4 is 10.6 Å². The summed E-state index contributed by atoms with van der Waals surface area (Å²) >= 11 is 1.62.